The third kappa shape index (κ3) is 2.05. The molecule has 0 aliphatic heterocycles. The van der Waals surface area contributed by atoms with Crippen LogP contribution in [0.4, 0.5) is 0 Å². The third-order valence-corrected chi connectivity index (χ3v) is 3.51. The number of fused-ring (bicyclic) bond motifs is 1. The second kappa shape index (κ2) is 4.45. The lowest BCUT2D eigenvalue weighted by atomic mass is 10.0. The summed E-state index contributed by atoms with van der Waals surface area (Å²) < 4.78 is 1.24. The molecular formula is C15H10IN. The van der Waals surface area contributed by atoms with E-state index in [-0.39, 0.29) is 0 Å². The predicted molar refractivity (Wildman–Crippen MR) is 79.9 cm³/mol. The molecule has 0 aliphatic rings. The molecule has 0 fully saturated rings. The largest absolute Gasteiger partial charge is 0.256 e. The Bertz CT molecular complexity index is 654. The normalized spacial score (nSPS) is 10.6. The predicted octanol–water partition coefficient (Wildman–Crippen LogP) is 4.51. The molecule has 1 aromatic heterocycles. The fraction of sp³-hybridized carbons (Fsp3) is 0. The fourth-order valence-corrected chi connectivity index (χ4v) is 2.32. The number of aromatic nitrogens is 1. The smallest absolute Gasteiger partial charge is 0.0780 e. The molecule has 0 saturated carbocycles. The summed E-state index contributed by atoms with van der Waals surface area (Å²) >= 11 is 2.31. The highest BCUT2D eigenvalue weighted by Crippen LogP contribution is 2.26. The minimum Gasteiger partial charge on any atom is -0.256 e. The minimum atomic E-state index is 1.06. The van der Waals surface area contributed by atoms with E-state index in [1.807, 2.05) is 12.3 Å². The van der Waals surface area contributed by atoms with Gasteiger partial charge in [-0.05, 0) is 46.2 Å². The van der Waals surface area contributed by atoms with E-state index in [0.717, 1.165) is 5.69 Å². The summed E-state index contributed by atoms with van der Waals surface area (Å²) in [6.45, 7) is 0. The first kappa shape index (κ1) is 10.7. The Labute approximate surface area is 114 Å². The second-order valence-electron chi connectivity index (χ2n) is 3.89. The molecule has 0 unspecified atom stereocenters. The van der Waals surface area contributed by atoms with Gasteiger partial charge in [-0.1, -0.05) is 36.4 Å². The quantitative estimate of drug-likeness (QED) is 0.598. The van der Waals surface area contributed by atoms with Crippen molar-refractivity contribution >= 4 is 33.4 Å². The summed E-state index contributed by atoms with van der Waals surface area (Å²) in [5.41, 5.74) is 2.22. The molecule has 0 radical (unpaired) electrons. The van der Waals surface area contributed by atoms with Crippen LogP contribution in [0.25, 0.3) is 22.0 Å². The van der Waals surface area contributed by atoms with Gasteiger partial charge in [0.2, 0.25) is 0 Å². The molecule has 0 N–H and O–H groups in total. The molecule has 82 valence electrons. The van der Waals surface area contributed by atoms with Crippen molar-refractivity contribution in [3.63, 3.8) is 0 Å². The van der Waals surface area contributed by atoms with Crippen molar-refractivity contribution in [1.82, 2.24) is 4.98 Å². The lowest BCUT2D eigenvalue weighted by Crippen LogP contribution is -1.85. The number of halogens is 1. The Morgan fingerprint density at radius 2 is 1.59 bits per heavy atom. The van der Waals surface area contributed by atoms with Gasteiger partial charge in [0.05, 0.1) is 5.69 Å². The van der Waals surface area contributed by atoms with Gasteiger partial charge < -0.3 is 0 Å². The zero-order valence-electron chi connectivity index (χ0n) is 9.10. The Hall–Kier alpha value is -1.42. The molecule has 0 bridgehead atoms. The van der Waals surface area contributed by atoms with E-state index in [0.29, 0.717) is 0 Å². The number of pyridine rings is 1. The summed E-state index contributed by atoms with van der Waals surface area (Å²) in [5, 5.41) is 2.44. The Morgan fingerprint density at radius 1 is 0.824 bits per heavy atom. The summed E-state index contributed by atoms with van der Waals surface area (Å²) in [7, 11) is 0. The lowest BCUT2D eigenvalue weighted by molar-refractivity contribution is 1.36. The van der Waals surface area contributed by atoms with Gasteiger partial charge in [-0.25, -0.2) is 0 Å². The first-order valence-corrected chi connectivity index (χ1v) is 6.52. The maximum Gasteiger partial charge on any atom is 0.0780 e. The van der Waals surface area contributed by atoms with Crippen molar-refractivity contribution in [2.24, 2.45) is 0 Å². The van der Waals surface area contributed by atoms with Gasteiger partial charge in [-0.2, -0.15) is 0 Å². The highest BCUT2D eigenvalue weighted by atomic mass is 127. The summed E-state index contributed by atoms with van der Waals surface area (Å²) in [4.78, 5) is 4.50. The first-order valence-electron chi connectivity index (χ1n) is 5.44. The van der Waals surface area contributed by atoms with Crippen LogP contribution in [0, 0.1) is 3.57 Å². The van der Waals surface area contributed by atoms with Gasteiger partial charge in [0.15, 0.2) is 0 Å². The van der Waals surface area contributed by atoms with E-state index in [1.165, 1.54) is 19.9 Å². The number of hydrogen-bond acceptors (Lipinski definition) is 1. The molecule has 0 atom stereocenters. The van der Waals surface area contributed by atoms with Crippen molar-refractivity contribution in [2.75, 3.05) is 0 Å². The van der Waals surface area contributed by atoms with Crippen molar-refractivity contribution in [3.8, 4) is 11.3 Å². The van der Waals surface area contributed by atoms with Gasteiger partial charge in [0.1, 0.15) is 0 Å². The maximum absolute atomic E-state index is 4.50. The molecule has 0 saturated heterocycles. The molecule has 2 aromatic carbocycles. The van der Waals surface area contributed by atoms with E-state index in [4.69, 9.17) is 0 Å². The summed E-state index contributed by atoms with van der Waals surface area (Å²) in [6.07, 6.45) is 1.87. The van der Waals surface area contributed by atoms with Crippen molar-refractivity contribution < 1.29 is 0 Å². The van der Waals surface area contributed by atoms with E-state index in [1.54, 1.807) is 0 Å². The average Bonchev–Trinajstić information content (AvgIpc) is 2.39. The molecule has 2 heteroatoms. The monoisotopic (exact) mass is 331 g/mol. The van der Waals surface area contributed by atoms with E-state index in [9.17, 15) is 0 Å². The molecule has 0 aliphatic carbocycles. The zero-order chi connectivity index (χ0) is 11.7. The van der Waals surface area contributed by atoms with Gasteiger partial charge >= 0.3 is 0 Å². The van der Waals surface area contributed by atoms with Crippen LogP contribution in [0.1, 0.15) is 0 Å². The van der Waals surface area contributed by atoms with Crippen LogP contribution in [-0.4, -0.2) is 4.98 Å². The highest BCUT2D eigenvalue weighted by molar-refractivity contribution is 14.1. The number of benzene rings is 2. The van der Waals surface area contributed by atoms with Crippen LogP contribution in [0.15, 0.2) is 60.8 Å². The number of rotatable bonds is 1. The summed E-state index contributed by atoms with van der Waals surface area (Å²) in [6, 6.07) is 18.9. The van der Waals surface area contributed by atoms with E-state index in [2.05, 4.69) is 76.1 Å². The Kier molecular flexibility index (Phi) is 2.81. The SMILES string of the molecule is Ic1ccc(-c2nccc3ccccc23)cc1. The average molecular weight is 331 g/mol. The van der Waals surface area contributed by atoms with Crippen molar-refractivity contribution in [1.29, 1.82) is 0 Å². The standard InChI is InChI=1S/C15H10IN/c16-13-7-5-12(6-8-13)15-14-4-2-1-3-11(14)9-10-17-15/h1-10H. The fourth-order valence-electron chi connectivity index (χ4n) is 1.96. The van der Waals surface area contributed by atoms with E-state index >= 15 is 0 Å². The minimum absolute atomic E-state index is 1.06. The Balaban J connectivity index is 2.27. The van der Waals surface area contributed by atoms with E-state index < -0.39 is 0 Å². The van der Waals surface area contributed by atoms with Crippen LogP contribution in [0.2, 0.25) is 0 Å². The van der Waals surface area contributed by atoms with Crippen LogP contribution < -0.4 is 0 Å². The maximum atomic E-state index is 4.50. The molecule has 0 amide bonds. The first-order chi connectivity index (χ1) is 8.34. The van der Waals surface area contributed by atoms with Gasteiger partial charge in [0.25, 0.3) is 0 Å². The van der Waals surface area contributed by atoms with Crippen molar-refractivity contribution in [2.45, 2.75) is 0 Å². The molecule has 0 spiro atoms. The van der Waals surface area contributed by atoms with Crippen LogP contribution in [0.3, 0.4) is 0 Å². The summed E-state index contributed by atoms with van der Waals surface area (Å²) in [5.74, 6) is 0. The van der Waals surface area contributed by atoms with Crippen LogP contribution >= 0.6 is 22.6 Å². The number of nitrogens with zero attached hydrogens (tertiary/aromatic N) is 1. The van der Waals surface area contributed by atoms with Gasteiger partial charge in [-0.15, -0.1) is 0 Å². The molecule has 3 aromatic rings. The molecule has 1 nitrogen and oxygen atoms in total. The van der Waals surface area contributed by atoms with Gasteiger partial charge in [0, 0.05) is 20.7 Å². The molecular weight excluding hydrogens is 321 g/mol. The topological polar surface area (TPSA) is 12.9 Å². The Morgan fingerprint density at radius 3 is 2.41 bits per heavy atom. The van der Waals surface area contributed by atoms with Crippen molar-refractivity contribution in [3.05, 3.63) is 64.4 Å². The van der Waals surface area contributed by atoms with Crippen LogP contribution in [0.5, 0.6) is 0 Å². The molecule has 3 rings (SSSR count). The molecule has 1 heterocycles. The second-order valence-corrected chi connectivity index (χ2v) is 5.13. The highest BCUT2D eigenvalue weighted by Gasteiger charge is 2.03. The zero-order valence-corrected chi connectivity index (χ0v) is 11.3. The molecule has 17 heavy (non-hydrogen) atoms. The van der Waals surface area contributed by atoms with Gasteiger partial charge in [-0.3, -0.25) is 4.98 Å². The lowest BCUT2D eigenvalue weighted by Gasteiger charge is -2.05. The number of hydrogen-bond donors (Lipinski definition) is 0. The third-order valence-electron chi connectivity index (χ3n) is 2.79. The van der Waals surface area contributed by atoms with Crippen LogP contribution in [-0.2, 0) is 0 Å².